The first-order chi connectivity index (χ1) is 14.4. The summed E-state index contributed by atoms with van der Waals surface area (Å²) in [5, 5.41) is 10.8. The molecule has 1 N–H and O–H groups in total. The average Bonchev–Trinajstić information content (AvgIpc) is 2.69. The van der Waals surface area contributed by atoms with Crippen LogP contribution < -0.4 is 15.1 Å². The van der Waals surface area contributed by atoms with E-state index in [0.717, 1.165) is 19.3 Å². The molecule has 0 aliphatic heterocycles. The average molecular weight is 413 g/mol. The van der Waals surface area contributed by atoms with Crippen LogP contribution in [0.2, 0.25) is 0 Å². The van der Waals surface area contributed by atoms with Gasteiger partial charge < -0.3 is 19.0 Å². The van der Waals surface area contributed by atoms with Crippen molar-refractivity contribution < 1.29 is 19.0 Å². The molecule has 1 aromatic carbocycles. The van der Waals surface area contributed by atoms with E-state index in [1.807, 2.05) is 25.2 Å². The summed E-state index contributed by atoms with van der Waals surface area (Å²) in [6.07, 6.45) is 11.9. The summed E-state index contributed by atoms with van der Waals surface area (Å²) in [5.41, 5.74) is 2.14. The number of aromatic hydroxyl groups is 1. The van der Waals surface area contributed by atoms with E-state index in [0.29, 0.717) is 30.8 Å². The van der Waals surface area contributed by atoms with Gasteiger partial charge in [-0.15, -0.1) is 0 Å². The van der Waals surface area contributed by atoms with Gasteiger partial charge in [-0.3, -0.25) is 0 Å². The van der Waals surface area contributed by atoms with Crippen molar-refractivity contribution in [2.75, 3.05) is 13.2 Å². The van der Waals surface area contributed by atoms with Gasteiger partial charge in [0.05, 0.1) is 12.0 Å². The molecule has 1 heterocycles. The van der Waals surface area contributed by atoms with E-state index >= 15 is 0 Å². The van der Waals surface area contributed by atoms with Gasteiger partial charge in [-0.25, -0.2) is 4.79 Å². The van der Waals surface area contributed by atoms with E-state index in [9.17, 15) is 9.90 Å². The van der Waals surface area contributed by atoms with Gasteiger partial charge in [-0.05, 0) is 64.7 Å². The first-order valence-electron chi connectivity index (χ1n) is 10.4. The molecule has 0 saturated carbocycles. The Kier molecular flexibility index (Phi) is 9.26. The molecule has 0 fully saturated rings. The SMILES string of the molecule is CC/C=C/CCOc1c(O)c2ccc(OC/C=C(\C)CCC=C(C)C)cc2oc1=O. The van der Waals surface area contributed by atoms with E-state index in [1.165, 1.54) is 11.1 Å². The van der Waals surface area contributed by atoms with Crippen molar-refractivity contribution in [2.45, 2.75) is 53.4 Å². The third-order valence-corrected chi connectivity index (χ3v) is 4.52. The molecule has 2 aromatic rings. The largest absolute Gasteiger partial charge is 0.504 e. The highest BCUT2D eigenvalue weighted by atomic mass is 16.5. The quantitative estimate of drug-likeness (QED) is 0.266. The molecule has 0 saturated heterocycles. The zero-order valence-electron chi connectivity index (χ0n) is 18.4. The molecule has 0 unspecified atom stereocenters. The van der Waals surface area contributed by atoms with Crippen molar-refractivity contribution in [3.05, 3.63) is 64.1 Å². The molecule has 5 heteroatoms. The standard InChI is InChI=1S/C25H32O5/c1-5-6-7-8-15-29-24-23(26)21-13-12-20(17-22(21)30-25(24)27)28-16-14-19(4)11-9-10-18(2)3/h6-7,10,12-14,17,26H,5,8-9,11,15-16H2,1-4H3/b7-6+,19-14+. The van der Waals surface area contributed by atoms with Crippen molar-refractivity contribution in [2.24, 2.45) is 0 Å². The highest BCUT2D eigenvalue weighted by Gasteiger charge is 2.15. The third-order valence-electron chi connectivity index (χ3n) is 4.52. The van der Waals surface area contributed by atoms with Crippen molar-refractivity contribution in [3.8, 4) is 17.2 Å². The van der Waals surface area contributed by atoms with Crippen LogP contribution in [0.5, 0.6) is 17.2 Å². The Morgan fingerprint density at radius 2 is 1.90 bits per heavy atom. The van der Waals surface area contributed by atoms with Crippen LogP contribution in [0.3, 0.4) is 0 Å². The maximum Gasteiger partial charge on any atom is 0.383 e. The Bertz CT molecular complexity index is 975. The molecule has 0 amide bonds. The number of fused-ring (bicyclic) bond motifs is 1. The normalized spacial score (nSPS) is 11.8. The third kappa shape index (κ3) is 7.14. The Morgan fingerprint density at radius 1 is 1.10 bits per heavy atom. The first-order valence-corrected chi connectivity index (χ1v) is 10.4. The topological polar surface area (TPSA) is 68.9 Å². The second kappa shape index (κ2) is 11.9. The van der Waals surface area contributed by atoms with Gasteiger partial charge in [0.25, 0.3) is 0 Å². The van der Waals surface area contributed by atoms with Crippen LogP contribution in [0.4, 0.5) is 0 Å². The number of ether oxygens (including phenoxy) is 2. The lowest BCUT2D eigenvalue weighted by atomic mass is 10.1. The fourth-order valence-corrected chi connectivity index (χ4v) is 2.85. The maximum absolute atomic E-state index is 12.2. The lowest BCUT2D eigenvalue weighted by Gasteiger charge is -2.09. The van der Waals surface area contributed by atoms with E-state index in [-0.39, 0.29) is 17.1 Å². The van der Waals surface area contributed by atoms with E-state index in [1.54, 1.807) is 18.2 Å². The summed E-state index contributed by atoms with van der Waals surface area (Å²) in [7, 11) is 0. The molecule has 0 bridgehead atoms. The summed E-state index contributed by atoms with van der Waals surface area (Å²) in [6, 6.07) is 5.01. The van der Waals surface area contributed by atoms with Gasteiger partial charge >= 0.3 is 5.63 Å². The molecule has 2 rings (SSSR count). The maximum atomic E-state index is 12.2. The molecule has 5 nitrogen and oxygen atoms in total. The molecule has 1 aromatic heterocycles. The molecule has 0 atom stereocenters. The Hall–Kier alpha value is -2.95. The Labute approximate surface area is 178 Å². The lowest BCUT2D eigenvalue weighted by Crippen LogP contribution is -2.08. The number of allylic oxidation sites excluding steroid dienone is 4. The van der Waals surface area contributed by atoms with Crippen LogP contribution in [0, 0.1) is 0 Å². The molecular formula is C25H32O5. The fraction of sp³-hybridized carbons (Fsp3) is 0.400. The minimum atomic E-state index is -0.702. The zero-order valence-corrected chi connectivity index (χ0v) is 18.4. The smallest absolute Gasteiger partial charge is 0.383 e. The van der Waals surface area contributed by atoms with Gasteiger partial charge in [0.2, 0.25) is 5.75 Å². The highest BCUT2D eigenvalue weighted by Crippen LogP contribution is 2.33. The second-order valence-corrected chi connectivity index (χ2v) is 7.42. The summed E-state index contributed by atoms with van der Waals surface area (Å²) in [4.78, 5) is 12.2. The summed E-state index contributed by atoms with van der Waals surface area (Å²) in [6.45, 7) is 9.04. The van der Waals surface area contributed by atoms with Gasteiger partial charge in [0.15, 0.2) is 5.75 Å². The Balaban J connectivity index is 2.04. The number of benzene rings is 1. The van der Waals surface area contributed by atoms with E-state index in [4.69, 9.17) is 13.9 Å². The van der Waals surface area contributed by atoms with Crippen LogP contribution in [-0.2, 0) is 0 Å². The zero-order chi connectivity index (χ0) is 21.9. The van der Waals surface area contributed by atoms with Crippen LogP contribution in [0.1, 0.15) is 53.4 Å². The molecule has 30 heavy (non-hydrogen) atoms. The van der Waals surface area contributed by atoms with Gasteiger partial charge in [0.1, 0.15) is 17.9 Å². The lowest BCUT2D eigenvalue weighted by molar-refractivity contribution is 0.290. The van der Waals surface area contributed by atoms with Crippen LogP contribution in [-0.4, -0.2) is 18.3 Å². The summed E-state index contributed by atoms with van der Waals surface area (Å²) in [5.74, 6) is 0.204. The van der Waals surface area contributed by atoms with E-state index < -0.39 is 5.63 Å². The first kappa shape index (κ1) is 23.3. The monoisotopic (exact) mass is 412 g/mol. The number of hydrogen-bond donors (Lipinski definition) is 1. The van der Waals surface area contributed by atoms with Crippen molar-refractivity contribution >= 4 is 11.0 Å². The van der Waals surface area contributed by atoms with Crippen LogP contribution in [0.15, 0.2) is 62.9 Å². The molecule has 0 radical (unpaired) electrons. The summed E-state index contributed by atoms with van der Waals surface area (Å²) >= 11 is 0. The van der Waals surface area contributed by atoms with Crippen molar-refractivity contribution in [1.82, 2.24) is 0 Å². The Morgan fingerprint density at radius 3 is 2.63 bits per heavy atom. The molecule has 0 aliphatic rings. The van der Waals surface area contributed by atoms with Crippen molar-refractivity contribution in [1.29, 1.82) is 0 Å². The van der Waals surface area contributed by atoms with Gasteiger partial charge in [-0.2, -0.15) is 0 Å². The number of hydrogen-bond acceptors (Lipinski definition) is 5. The molecular weight excluding hydrogens is 380 g/mol. The minimum Gasteiger partial charge on any atom is -0.504 e. The second-order valence-electron chi connectivity index (χ2n) is 7.42. The van der Waals surface area contributed by atoms with Gasteiger partial charge in [-0.1, -0.05) is 36.3 Å². The number of rotatable bonds is 11. The van der Waals surface area contributed by atoms with Gasteiger partial charge in [0, 0.05) is 6.07 Å². The molecule has 0 aliphatic carbocycles. The van der Waals surface area contributed by atoms with E-state index in [2.05, 4.69) is 26.8 Å². The minimum absolute atomic E-state index is 0.156. The van der Waals surface area contributed by atoms with Crippen LogP contribution >= 0.6 is 0 Å². The summed E-state index contributed by atoms with van der Waals surface area (Å²) < 4.78 is 16.5. The molecule has 0 spiro atoms. The highest BCUT2D eigenvalue weighted by molar-refractivity contribution is 5.86. The van der Waals surface area contributed by atoms with Crippen LogP contribution in [0.25, 0.3) is 11.0 Å². The predicted octanol–water partition coefficient (Wildman–Crippen LogP) is 6.31. The molecule has 162 valence electrons. The fourth-order valence-electron chi connectivity index (χ4n) is 2.85. The van der Waals surface area contributed by atoms with Crippen molar-refractivity contribution in [3.63, 3.8) is 0 Å². The predicted molar refractivity (Wildman–Crippen MR) is 122 cm³/mol.